The van der Waals surface area contributed by atoms with E-state index in [0.717, 1.165) is 31.1 Å². The fourth-order valence-electron chi connectivity index (χ4n) is 4.34. The van der Waals surface area contributed by atoms with Gasteiger partial charge in [0.15, 0.2) is 0 Å². The van der Waals surface area contributed by atoms with E-state index in [9.17, 15) is 0 Å². The summed E-state index contributed by atoms with van der Waals surface area (Å²) in [6.07, 6.45) is 3.28. The van der Waals surface area contributed by atoms with Crippen molar-refractivity contribution in [2.45, 2.75) is 38.0 Å². The van der Waals surface area contributed by atoms with Gasteiger partial charge in [-0.3, -0.25) is 0 Å². The van der Waals surface area contributed by atoms with E-state index in [1.807, 2.05) is 6.07 Å². The van der Waals surface area contributed by atoms with Crippen LogP contribution in [0.2, 0.25) is 0 Å². The largest absolute Gasteiger partial charge is 0.373 e. The molecular formula is C24H30N2S. The molecular weight excluding hydrogens is 348 g/mol. The molecule has 2 heterocycles. The monoisotopic (exact) mass is 378 g/mol. The number of likely N-dealkylation sites (tertiary alicyclic amines) is 1. The van der Waals surface area contributed by atoms with E-state index >= 15 is 0 Å². The summed E-state index contributed by atoms with van der Waals surface area (Å²) >= 11 is 2.07. The Labute approximate surface area is 167 Å². The molecule has 2 nitrogen and oxygen atoms in total. The van der Waals surface area contributed by atoms with Gasteiger partial charge in [0.1, 0.15) is 0 Å². The Balaban J connectivity index is 1.31. The topological polar surface area (TPSA) is 29.3 Å². The van der Waals surface area contributed by atoms with Crippen LogP contribution in [-0.4, -0.2) is 29.8 Å². The van der Waals surface area contributed by atoms with Crippen molar-refractivity contribution in [1.82, 2.24) is 4.90 Å². The highest BCUT2D eigenvalue weighted by atomic mass is 32.2. The molecule has 3 heteroatoms. The number of hydrogen-bond donors (Lipinski definition) is 1. The Kier molecular flexibility index (Phi) is 5.60. The third kappa shape index (κ3) is 4.09. The molecule has 0 bridgehead atoms. The average Bonchev–Trinajstić information content (AvgIpc) is 2.66. The molecule has 0 aliphatic carbocycles. The molecule has 2 aromatic carbocycles. The molecule has 1 fully saturated rings. The van der Waals surface area contributed by atoms with Crippen molar-refractivity contribution in [2.75, 3.05) is 18.8 Å². The summed E-state index contributed by atoms with van der Waals surface area (Å²) in [4.78, 5) is 2.38. The summed E-state index contributed by atoms with van der Waals surface area (Å²) in [6.45, 7) is 8.79. The van der Waals surface area contributed by atoms with Crippen LogP contribution < -0.4 is 5.73 Å². The number of aryl methyl sites for hydroxylation is 1. The Bertz CT molecular complexity index is 809. The van der Waals surface area contributed by atoms with Gasteiger partial charge in [-0.15, -0.1) is 0 Å². The van der Waals surface area contributed by atoms with Crippen LogP contribution in [0.25, 0.3) is 0 Å². The SMILES string of the molecule is C=C(C(N)Cc1ccccc1)N1CC(Cc2ccc3c(c2C)CSCC3)C1. The number of benzene rings is 2. The molecule has 2 N–H and O–H groups in total. The first-order chi connectivity index (χ1) is 13.1. The fraction of sp³-hybridized carbons (Fsp3) is 0.417. The number of fused-ring (bicyclic) bond motifs is 1. The molecule has 1 saturated heterocycles. The Morgan fingerprint density at radius 1 is 1.22 bits per heavy atom. The average molecular weight is 379 g/mol. The van der Waals surface area contributed by atoms with Crippen molar-refractivity contribution in [3.05, 3.63) is 82.6 Å². The highest BCUT2D eigenvalue weighted by Gasteiger charge is 2.30. The van der Waals surface area contributed by atoms with Crippen LogP contribution in [0.5, 0.6) is 0 Å². The Morgan fingerprint density at radius 3 is 2.78 bits per heavy atom. The Morgan fingerprint density at radius 2 is 2.00 bits per heavy atom. The van der Waals surface area contributed by atoms with Gasteiger partial charge in [-0.2, -0.15) is 11.8 Å². The summed E-state index contributed by atoms with van der Waals surface area (Å²) in [7, 11) is 0. The second-order valence-corrected chi connectivity index (χ2v) is 9.16. The zero-order valence-corrected chi connectivity index (χ0v) is 17.1. The standard InChI is InChI=1S/C24H30N2S/c1-17-22(9-8-21-10-11-27-16-23(17)21)12-20-14-26(15-20)18(2)24(25)13-19-6-4-3-5-7-19/h3-9,20,24H,2,10-16,25H2,1H3. The van der Waals surface area contributed by atoms with E-state index in [-0.39, 0.29) is 6.04 Å². The highest BCUT2D eigenvalue weighted by Crippen LogP contribution is 2.32. The molecule has 2 aliphatic heterocycles. The predicted octanol–water partition coefficient (Wildman–Crippen LogP) is 4.34. The van der Waals surface area contributed by atoms with Crippen LogP contribution in [0, 0.1) is 12.8 Å². The summed E-state index contributed by atoms with van der Waals surface area (Å²) in [5, 5.41) is 0. The highest BCUT2D eigenvalue weighted by molar-refractivity contribution is 7.98. The number of nitrogens with zero attached hydrogens (tertiary/aromatic N) is 1. The molecule has 0 aromatic heterocycles. The fourth-order valence-corrected chi connectivity index (χ4v) is 5.45. The van der Waals surface area contributed by atoms with Crippen LogP contribution in [0.4, 0.5) is 0 Å². The first-order valence-corrected chi connectivity index (χ1v) is 11.2. The van der Waals surface area contributed by atoms with Crippen molar-refractivity contribution in [3.8, 4) is 0 Å². The Hall–Kier alpha value is -1.71. The van der Waals surface area contributed by atoms with Gasteiger partial charge in [-0.25, -0.2) is 0 Å². The van der Waals surface area contributed by atoms with E-state index in [2.05, 4.69) is 66.6 Å². The minimum absolute atomic E-state index is 0.0101. The second-order valence-electron chi connectivity index (χ2n) is 8.05. The lowest BCUT2D eigenvalue weighted by Crippen LogP contribution is -2.50. The normalized spacial score (nSPS) is 17.9. The molecule has 0 spiro atoms. The lowest BCUT2D eigenvalue weighted by Gasteiger charge is -2.44. The first-order valence-electron chi connectivity index (χ1n) is 10.0. The van der Waals surface area contributed by atoms with Crippen LogP contribution in [0.15, 0.2) is 54.7 Å². The number of nitrogens with two attached hydrogens (primary N) is 1. The van der Waals surface area contributed by atoms with Crippen molar-refractivity contribution in [1.29, 1.82) is 0 Å². The molecule has 0 radical (unpaired) electrons. The molecule has 0 saturated carbocycles. The molecule has 0 amide bonds. The predicted molar refractivity (Wildman–Crippen MR) is 117 cm³/mol. The van der Waals surface area contributed by atoms with Gasteiger partial charge in [0, 0.05) is 30.6 Å². The maximum atomic E-state index is 6.41. The van der Waals surface area contributed by atoms with E-state index in [1.165, 1.54) is 35.5 Å². The molecule has 142 valence electrons. The number of rotatable bonds is 6. The van der Waals surface area contributed by atoms with E-state index in [0.29, 0.717) is 0 Å². The molecule has 2 aliphatic rings. The van der Waals surface area contributed by atoms with Gasteiger partial charge < -0.3 is 10.6 Å². The van der Waals surface area contributed by atoms with Crippen molar-refractivity contribution >= 4 is 11.8 Å². The quantitative estimate of drug-likeness (QED) is 0.811. The zero-order chi connectivity index (χ0) is 18.8. The summed E-state index contributed by atoms with van der Waals surface area (Å²) in [5.74, 6) is 3.18. The van der Waals surface area contributed by atoms with E-state index < -0.39 is 0 Å². The van der Waals surface area contributed by atoms with Gasteiger partial charge in [0.05, 0.1) is 0 Å². The van der Waals surface area contributed by atoms with Gasteiger partial charge >= 0.3 is 0 Å². The second kappa shape index (κ2) is 8.12. The summed E-state index contributed by atoms with van der Waals surface area (Å²) < 4.78 is 0. The van der Waals surface area contributed by atoms with Gasteiger partial charge in [0.25, 0.3) is 0 Å². The van der Waals surface area contributed by atoms with Crippen LogP contribution in [0.1, 0.15) is 27.8 Å². The van der Waals surface area contributed by atoms with Gasteiger partial charge in [-0.05, 0) is 65.7 Å². The van der Waals surface area contributed by atoms with Crippen molar-refractivity contribution < 1.29 is 0 Å². The maximum absolute atomic E-state index is 6.41. The zero-order valence-electron chi connectivity index (χ0n) is 16.3. The number of hydrogen-bond acceptors (Lipinski definition) is 3. The summed E-state index contributed by atoms with van der Waals surface area (Å²) in [5.41, 5.74) is 15.1. The van der Waals surface area contributed by atoms with Crippen molar-refractivity contribution in [3.63, 3.8) is 0 Å². The number of thioether (sulfide) groups is 1. The van der Waals surface area contributed by atoms with E-state index in [1.54, 1.807) is 16.7 Å². The first kappa shape index (κ1) is 18.6. The maximum Gasteiger partial charge on any atom is 0.0481 e. The van der Waals surface area contributed by atoms with Gasteiger partial charge in [-0.1, -0.05) is 49.0 Å². The lowest BCUT2D eigenvalue weighted by molar-refractivity contribution is 0.134. The molecule has 2 aromatic rings. The minimum Gasteiger partial charge on any atom is -0.373 e. The molecule has 1 atom stereocenters. The van der Waals surface area contributed by atoms with Crippen LogP contribution in [-0.2, 0) is 25.0 Å². The molecule has 4 rings (SSSR count). The lowest BCUT2D eigenvalue weighted by atomic mass is 9.86. The minimum atomic E-state index is 0.0101. The smallest absolute Gasteiger partial charge is 0.0481 e. The third-order valence-electron chi connectivity index (χ3n) is 6.17. The third-order valence-corrected chi connectivity index (χ3v) is 7.15. The van der Waals surface area contributed by atoms with Crippen molar-refractivity contribution in [2.24, 2.45) is 11.7 Å². The van der Waals surface area contributed by atoms with Crippen LogP contribution in [0.3, 0.4) is 0 Å². The molecule has 1 unspecified atom stereocenters. The van der Waals surface area contributed by atoms with E-state index in [4.69, 9.17) is 5.73 Å². The van der Waals surface area contributed by atoms with Crippen LogP contribution >= 0.6 is 11.8 Å². The van der Waals surface area contributed by atoms with Gasteiger partial charge in [0.2, 0.25) is 0 Å². The summed E-state index contributed by atoms with van der Waals surface area (Å²) in [6, 6.07) is 15.2. The molecule has 27 heavy (non-hydrogen) atoms.